The molecule has 2 N–H and O–H groups in total. The monoisotopic (exact) mass is 296 g/mol. The first-order valence-corrected chi connectivity index (χ1v) is 5.68. The summed E-state index contributed by atoms with van der Waals surface area (Å²) < 4.78 is 0. The topological polar surface area (TPSA) is 46.3 Å². The lowest BCUT2D eigenvalue weighted by Crippen LogP contribution is -2.28. The Morgan fingerprint density at radius 3 is 2.65 bits per heavy atom. The first kappa shape index (κ1) is 16.5. The summed E-state index contributed by atoms with van der Waals surface area (Å²) in [6.45, 7) is 0.796. The molecule has 3 nitrogen and oxygen atoms in total. The average molecular weight is 298 g/mol. The van der Waals surface area contributed by atoms with Gasteiger partial charge in [-0.2, -0.15) is 0 Å². The molecule has 0 aliphatic heterocycles. The van der Waals surface area contributed by atoms with E-state index in [4.69, 9.17) is 28.9 Å². The van der Waals surface area contributed by atoms with Gasteiger partial charge in [0.1, 0.15) is 0 Å². The van der Waals surface area contributed by atoms with Gasteiger partial charge in [0, 0.05) is 26.6 Å². The highest BCUT2D eigenvalue weighted by atomic mass is 35.5. The molecule has 1 rings (SSSR count). The van der Waals surface area contributed by atoms with E-state index < -0.39 is 0 Å². The zero-order valence-electron chi connectivity index (χ0n) is 9.45. The highest BCUT2D eigenvalue weighted by Gasteiger charge is 2.11. The third kappa shape index (κ3) is 4.72. The van der Waals surface area contributed by atoms with E-state index in [-0.39, 0.29) is 18.3 Å². The van der Waals surface area contributed by atoms with Crippen molar-refractivity contribution in [1.29, 1.82) is 0 Å². The van der Waals surface area contributed by atoms with Gasteiger partial charge in [-0.15, -0.1) is 12.4 Å². The first-order chi connectivity index (χ1) is 7.56. The Morgan fingerprint density at radius 1 is 1.41 bits per heavy atom. The van der Waals surface area contributed by atoms with Crippen LogP contribution < -0.4 is 5.73 Å². The first-order valence-electron chi connectivity index (χ1n) is 4.93. The van der Waals surface area contributed by atoms with Crippen molar-refractivity contribution in [2.24, 2.45) is 5.73 Å². The number of halogens is 3. The van der Waals surface area contributed by atoms with Gasteiger partial charge < -0.3 is 10.6 Å². The molecule has 6 heteroatoms. The van der Waals surface area contributed by atoms with Crippen molar-refractivity contribution in [2.75, 3.05) is 13.6 Å². The predicted molar refractivity (Wildman–Crippen MR) is 73.9 cm³/mol. The van der Waals surface area contributed by atoms with Crippen molar-refractivity contribution in [3.8, 4) is 0 Å². The summed E-state index contributed by atoms with van der Waals surface area (Å²) in [6, 6.07) is 5.38. The van der Waals surface area contributed by atoms with Crippen molar-refractivity contribution in [1.82, 2.24) is 4.90 Å². The minimum atomic E-state index is -0.00135. The van der Waals surface area contributed by atoms with E-state index in [1.165, 1.54) is 0 Å². The zero-order chi connectivity index (χ0) is 12.1. The SMILES string of the molecule is CN(Cc1cccc(Cl)c1Cl)C(=O)CCN.Cl. The molecule has 0 unspecified atom stereocenters. The fourth-order valence-electron chi connectivity index (χ4n) is 1.33. The van der Waals surface area contributed by atoms with Gasteiger partial charge in [0.25, 0.3) is 0 Å². The molecule has 1 aromatic rings. The molecule has 17 heavy (non-hydrogen) atoms. The van der Waals surface area contributed by atoms with E-state index >= 15 is 0 Å². The Balaban J connectivity index is 0.00000256. The molecule has 1 amide bonds. The fourth-order valence-corrected chi connectivity index (χ4v) is 1.71. The van der Waals surface area contributed by atoms with Crippen LogP contribution in [0.5, 0.6) is 0 Å². The molecule has 0 saturated carbocycles. The number of nitrogens with two attached hydrogens (primary N) is 1. The summed E-state index contributed by atoms with van der Waals surface area (Å²) >= 11 is 11.9. The predicted octanol–water partition coefficient (Wildman–Crippen LogP) is 2.72. The minimum Gasteiger partial charge on any atom is -0.341 e. The van der Waals surface area contributed by atoms with E-state index in [2.05, 4.69) is 0 Å². The molecule has 0 atom stereocenters. The fraction of sp³-hybridized carbons (Fsp3) is 0.364. The molecular weight excluding hydrogens is 282 g/mol. The molecule has 0 heterocycles. The van der Waals surface area contributed by atoms with Crippen molar-refractivity contribution in [3.05, 3.63) is 33.8 Å². The van der Waals surface area contributed by atoms with E-state index in [9.17, 15) is 4.79 Å². The van der Waals surface area contributed by atoms with E-state index in [1.807, 2.05) is 12.1 Å². The molecule has 0 bridgehead atoms. The Bertz CT molecular complexity index is 385. The highest BCUT2D eigenvalue weighted by molar-refractivity contribution is 6.42. The van der Waals surface area contributed by atoms with Crippen molar-refractivity contribution in [2.45, 2.75) is 13.0 Å². The quantitative estimate of drug-likeness (QED) is 0.929. The third-order valence-electron chi connectivity index (χ3n) is 2.22. The number of hydrogen-bond acceptors (Lipinski definition) is 2. The minimum absolute atomic E-state index is 0. The molecule has 1 aromatic carbocycles. The van der Waals surface area contributed by atoms with E-state index in [0.717, 1.165) is 5.56 Å². The molecule has 96 valence electrons. The molecule has 0 aliphatic rings. The van der Waals surface area contributed by atoms with Gasteiger partial charge in [-0.05, 0) is 11.6 Å². The lowest BCUT2D eigenvalue weighted by atomic mass is 10.2. The van der Waals surface area contributed by atoms with Crippen LogP contribution in [0.3, 0.4) is 0 Å². The lowest BCUT2D eigenvalue weighted by molar-refractivity contribution is -0.130. The van der Waals surface area contributed by atoms with E-state index in [1.54, 1.807) is 18.0 Å². The largest absolute Gasteiger partial charge is 0.341 e. The van der Waals surface area contributed by atoms with E-state index in [0.29, 0.717) is 29.6 Å². The molecule has 0 fully saturated rings. The van der Waals surface area contributed by atoms with Gasteiger partial charge in [-0.25, -0.2) is 0 Å². The van der Waals surface area contributed by atoms with Crippen LogP contribution in [0.15, 0.2) is 18.2 Å². The highest BCUT2D eigenvalue weighted by Crippen LogP contribution is 2.26. The molecule has 0 spiro atoms. The maximum atomic E-state index is 11.5. The van der Waals surface area contributed by atoms with Gasteiger partial charge in [0.2, 0.25) is 5.91 Å². The van der Waals surface area contributed by atoms with Crippen LogP contribution in [-0.2, 0) is 11.3 Å². The standard InChI is InChI=1S/C11H14Cl2N2O.ClH/c1-15(10(16)5-6-14)7-8-3-2-4-9(12)11(8)13;/h2-4H,5-7,14H2,1H3;1H. The Hall–Kier alpha value is -0.480. The summed E-state index contributed by atoms with van der Waals surface area (Å²) in [4.78, 5) is 13.1. The number of nitrogens with zero attached hydrogens (tertiary/aromatic N) is 1. The van der Waals surface area contributed by atoms with Gasteiger partial charge in [0.15, 0.2) is 0 Å². The van der Waals surface area contributed by atoms with Crippen LogP contribution in [0, 0.1) is 0 Å². The lowest BCUT2D eigenvalue weighted by Gasteiger charge is -2.17. The van der Waals surface area contributed by atoms with Crippen molar-refractivity contribution >= 4 is 41.5 Å². The molecular formula is C11H15Cl3N2O. The van der Waals surface area contributed by atoms with Gasteiger partial charge in [-0.1, -0.05) is 35.3 Å². The molecule has 0 radical (unpaired) electrons. The second-order valence-corrected chi connectivity index (χ2v) is 4.29. The van der Waals surface area contributed by atoms with Crippen LogP contribution in [0.25, 0.3) is 0 Å². The normalized spacial score (nSPS) is 9.65. The van der Waals surface area contributed by atoms with Crippen LogP contribution in [0.4, 0.5) is 0 Å². The summed E-state index contributed by atoms with van der Waals surface area (Å²) in [5.74, 6) is -0.00135. The number of rotatable bonds is 4. The average Bonchev–Trinajstić information content (AvgIpc) is 2.25. The van der Waals surface area contributed by atoms with Gasteiger partial charge >= 0.3 is 0 Å². The Kier molecular flexibility index (Phi) is 7.55. The number of carbonyl (C=O) groups excluding carboxylic acids is 1. The Morgan fingerprint density at radius 2 is 2.06 bits per heavy atom. The molecule has 0 aromatic heterocycles. The van der Waals surface area contributed by atoms with Crippen molar-refractivity contribution < 1.29 is 4.79 Å². The second-order valence-electron chi connectivity index (χ2n) is 3.50. The van der Waals surface area contributed by atoms with Crippen LogP contribution in [0.2, 0.25) is 10.0 Å². The van der Waals surface area contributed by atoms with Crippen LogP contribution in [0.1, 0.15) is 12.0 Å². The zero-order valence-corrected chi connectivity index (χ0v) is 11.8. The summed E-state index contributed by atoms with van der Waals surface area (Å²) in [6.07, 6.45) is 0.342. The summed E-state index contributed by atoms with van der Waals surface area (Å²) in [5, 5.41) is 0.996. The number of benzene rings is 1. The second kappa shape index (κ2) is 7.77. The van der Waals surface area contributed by atoms with Crippen molar-refractivity contribution in [3.63, 3.8) is 0 Å². The summed E-state index contributed by atoms with van der Waals surface area (Å²) in [7, 11) is 1.72. The third-order valence-corrected chi connectivity index (χ3v) is 3.08. The summed E-state index contributed by atoms with van der Waals surface area (Å²) in [5.41, 5.74) is 6.16. The maximum absolute atomic E-state index is 11.5. The van der Waals surface area contributed by atoms with Crippen LogP contribution in [-0.4, -0.2) is 24.4 Å². The van der Waals surface area contributed by atoms with Crippen LogP contribution >= 0.6 is 35.6 Å². The maximum Gasteiger partial charge on any atom is 0.223 e. The number of carbonyl (C=O) groups is 1. The Labute approximate surface area is 117 Å². The van der Waals surface area contributed by atoms with Gasteiger partial charge in [0.05, 0.1) is 10.0 Å². The molecule has 0 saturated heterocycles. The number of amides is 1. The van der Waals surface area contributed by atoms with Gasteiger partial charge in [-0.3, -0.25) is 4.79 Å². The molecule has 0 aliphatic carbocycles. The smallest absolute Gasteiger partial charge is 0.223 e. The number of hydrogen-bond donors (Lipinski definition) is 1.